The molecule has 0 radical (unpaired) electrons. The Bertz CT molecular complexity index is 32.2. The molecule has 0 bridgehead atoms. The summed E-state index contributed by atoms with van der Waals surface area (Å²) < 4.78 is 0. The Morgan fingerprint density at radius 2 is 1.00 bits per heavy atom. The van der Waals surface area contributed by atoms with E-state index in [1.54, 1.807) is 0 Å². The fourth-order valence-corrected chi connectivity index (χ4v) is 0. The van der Waals surface area contributed by atoms with Gasteiger partial charge in [0.25, 0.3) is 5.09 Å². The van der Waals surface area contributed by atoms with Gasteiger partial charge < -0.3 is 32.6 Å². The van der Waals surface area contributed by atoms with Crippen molar-refractivity contribution < 1.29 is 37.7 Å². The summed E-state index contributed by atoms with van der Waals surface area (Å²) in [7, 11) is 0. The maximum atomic E-state index is 8.36. The average molecular weight is 195 g/mol. The van der Waals surface area contributed by atoms with Gasteiger partial charge in [-0.15, -0.1) is 10.1 Å². The fourth-order valence-electron chi connectivity index (χ4n) is 0. The molecule has 0 aliphatic carbocycles. The van der Waals surface area contributed by atoms with Gasteiger partial charge in [0.1, 0.15) is 0 Å². The van der Waals surface area contributed by atoms with Gasteiger partial charge in [-0.25, -0.2) is 0 Å². The van der Waals surface area contributed by atoms with Crippen molar-refractivity contribution in [2.75, 3.05) is 0 Å². The molecule has 0 rings (SSSR count). The maximum absolute atomic E-state index is 8.36. The third-order valence-electron chi connectivity index (χ3n) is 0. The average Bonchev–Trinajstić information content (AvgIpc) is 0.811. The van der Waals surface area contributed by atoms with Gasteiger partial charge in [-0.1, -0.05) is 0 Å². The van der Waals surface area contributed by atoms with E-state index in [1.165, 1.54) is 0 Å². The van der Waals surface area contributed by atoms with Crippen LogP contribution >= 0.6 is 0 Å². The van der Waals surface area contributed by atoms with Crippen molar-refractivity contribution >= 4 is 37.7 Å². The monoisotopic (exact) mass is 195 g/mol. The van der Waals surface area contributed by atoms with Gasteiger partial charge in [-0.3, -0.25) is 0 Å². The first-order valence-corrected chi connectivity index (χ1v) is 0.565. The Balaban J connectivity index is -0.00000000300. The molecular formula is H13CaNO8. The summed E-state index contributed by atoms with van der Waals surface area (Å²) in [6, 6.07) is 0. The third kappa shape index (κ3) is 6450. The molecule has 0 aliphatic heterocycles. The van der Waals surface area contributed by atoms with Gasteiger partial charge in [0.15, 0.2) is 0 Å². The summed E-state index contributed by atoms with van der Waals surface area (Å²) in [5.74, 6) is 0. The summed E-state index contributed by atoms with van der Waals surface area (Å²) >= 11 is 0. The second kappa shape index (κ2) is 59.5. The number of hydrogen-bond donors (Lipinski definition) is 1. The van der Waals surface area contributed by atoms with E-state index in [9.17, 15) is 0 Å². The summed E-state index contributed by atoms with van der Waals surface area (Å²) in [5, 5.41) is 13.6. The molecule has 0 heterocycles. The van der Waals surface area contributed by atoms with Gasteiger partial charge in [-0.05, 0) is 0 Å². The predicted octanol–water partition coefficient (Wildman–Crippen LogP) is -5.39. The molecule has 9 nitrogen and oxygen atoms in total. The van der Waals surface area contributed by atoms with Crippen LogP contribution in [0.1, 0.15) is 0 Å². The van der Waals surface area contributed by atoms with E-state index in [-0.39, 0.29) is 65.1 Å². The van der Waals surface area contributed by atoms with Crippen LogP contribution in [0.2, 0.25) is 0 Å². The summed E-state index contributed by atoms with van der Waals surface area (Å²) in [4.78, 5) is 8.36. The normalized spacial score (nSPS) is 2.40. The summed E-state index contributed by atoms with van der Waals surface area (Å²) in [5.41, 5.74) is 0. The molecule has 10 heteroatoms. The zero-order valence-corrected chi connectivity index (χ0v) is 4.21. The van der Waals surface area contributed by atoms with Crippen molar-refractivity contribution in [2.45, 2.75) is 0 Å². The van der Waals surface area contributed by atoms with Crippen molar-refractivity contribution in [3.05, 3.63) is 10.1 Å². The first-order valence-electron chi connectivity index (χ1n) is 0.565. The minimum atomic E-state index is -1.50. The number of hydrogen-bond acceptors (Lipinski definition) is 2. The second-order valence-corrected chi connectivity index (χ2v) is 0.238. The van der Waals surface area contributed by atoms with Crippen molar-refractivity contribution in [3.63, 3.8) is 0 Å². The van der Waals surface area contributed by atoms with Crippen LogP contribution in [0.3, 0.4) is 0 Å². The molecule has 68 valence electrons. The molecule has 0 fully saturated rings. The minimum absolute atomic E-state index is 0. The predicted molar refractivity (Wildman–Crippen MR) is 35.4 cm³/mol. The number of rotatable bonds is 0. The van der Waals surface area contributed by atoms with Crippen molar-refractivity contribution in [1.29, 1.82) is 0 Å². The molecule has 0 aromatic rings. The van der Waals surface area contributed by atoms with Crippen molar-refractivity contribution in [3.8, 4) is 0 Å². The Morgan fingerprint density at radius 3 is 1.00 bits per heavy atom. The van der Waals surface area contributed by atoms with Crippen LogP contribution in [0.5, 0.6) is 0 Å². The van der Waals surface area contributed by atoms with E-state index in [4.69, 9.17) is 15.3 Å². The molecule has 0 aliphatic rings. The SMILES string of the molecule is O.O.O.O.O.O=[N+]([O-])O.[CaH2]. The Kier molecular flexibility index (Phi) is 492. The zero-order chi connectivity index (χ0) is 3.58. The first-order chi connectivity index (χ1) is 1.73. The van der Waals surface area contributed by atoms with E-state index < -0.39 is 5.09 Å². The third-order valence-corrected chi connectivity index (χ3v) is 0. The molecular weight excluding hydrogens is 182 g/mol. The number of nitrogens with zero attached hydrogens (tertiary/aromatic N) is 1. The molecule has 0 aromatic heterocycles. The molecule has 0 unspecified atom stereocenters. The quantitative estimate of drug-likeness (QED) is 0.227. The van der Waals surface area contributed by atoms with Gasteiger partial charge in [0, 0.05) is 0 Å². The Labute approximate surface area is 85.3 Å². The standard InChI is InChI=1S/Ca.HNO3.5H2O.2H/c;2-1(3)4;;;;;;;/h;(H,2,3,4);5*1H2;;. The van der Waals surface area contributed by atoms with E-state index in [1.807, 2.05) is 0 Å². The van der Waals surface area contributed by atoms with Crippen LogP contribution in [-0.2, 0) is 0 Å². The van der Waals surface area contributed by atoms with Crippen LogP contribution in [0.4, 0.5) is 0 Å². The molecule has 0 saturated heterocycles. The fraction of sp³-hybridized carbons (Fsp3) is 0. The Morgan fingerprint density at radius 1 is 1.00 bits per heavy atom. The molecule has 0 aromatic carbocycles. The van der Waals surface area contributed by atoms with Crippen LogP contribution in [0.25, 0.3) is 0 Å². The van der Waals surface area contributed by atoms with Crippen LogP contribution in [0.15, 0.2) is 0 Å². The first kappa shape index (κ1) is 82.8. The van der Waals surface area contributed by atoms with Crippen molar-refractivity contribution in [1.82, 2.24) is 0 Å². The zero-order valence-electron chi connectivity index (χ0n) is 4.21. The van der Waals surface area contributed by atoms with Crippen LogP contribution in [0, 0.1) is 10.1 Å². The molecule has 11 N–H and O–H groups in total. The van der Waals surface area contributed by atoms with Gasteiger partial charge in [0.05, 0.1) is 0 Å². The van der Waals surface area contributed by atoms with E-state index in [0.717, 1.165) is 0 Å². The van der Waals surface area contributed by atoms with Gasteiger partial charge >= 0.3 is 37.7 Å². The van der Waals surface area contributed by atoms with E-state index in [2.05, 4.69) is 0 Å². The van der Waals surface area contributed by atoms with E-state index in [0.29, 0.717) is 0 Å². The van der Waals surface area contributed by atoms with Crippen LogP contribution in [-0.4, -0.2) is 75.4 Å². The Hall–Kier alpha value is 0.260. The second-order valence-electron chi connectivity index (χ2n) is 0.238. The van der Waals surface area contributed by atoms with Gasteiger partial charge in [0.2, 0.25) is 0 Å². The summed E-state index contributed by atoms with van der Waals surface area (Å²) in [6.45, 7) is 0. The summed E-state index contributed by atoms with van der Waals surface area (Å²) in [6.07, 6.45) is 0. The molecule has 0 amide bonds. The molecule has 0 spiro atoms. The van der Waals surface area contributed by atoms with Gasteiger partial charge in [-0.2, -0.15) is 0 Å². The topological polar surface area (TPSA) is 221 Å². The van der Waals surface area contributed by atoms with Crippen LogP contribution < -0.4 is 0 Å². The molecule has 10 heavy (non-hydrogen) atoms. The van der Waals surface area contributed by atoms with E-state index >= 15 is 0 Å². The van der Waals surface area contributed by atoms with Crippen molar-refractivity contribution in [2.24, 2.45) is 0 Å². The molecule has 0 atom stereocenters. The molecule has 0 saturated carbocycles.